The summed E-state index contributed by atoms with van der Waals surface area (Å²) in [6.07, 6.45) is 14.9. The van der Waals surface area contributed by atoms with Gasteiger partial charge in [0.2, 0.25) is 0 Å². The minimum Gasteiger partial charge on any atom is -0.493 e. The first kappa shape index (κ1) is 14.9. The summed E-state index contributed by atoms with van der Waals surface area (Å²) in [5.74, 6) is 0.981. The number of hydrogen-bond acceptors (Lipinski definition) is 2. The Labute approximate surface area is 142 Å². The second-order valence-electron chi connectivity index (χ2n) is 6.32. The quantitative estimate of drug-likeness (QED) is 0.834. The fourth-order valence-corrected chi connectivity index (χ4v) is 3.28. The molecule has 0 radical (unpaired) electrons. The number of hydrogen-bond donors (Lipinski definition) is 2. The smallest absolute Gasteiger partial charge is 0.126 e. The molecule has 1 aromatic heterocycles. The second kappa shape index (κ2) is 6.83. The lowest BCUT2D eigenvalue weighted by Gasteiger charge is -2.08. The van der Waals surface area contributed by atoms with Gasteiger partial charge in [0, 0.05) is 23.9 Å². The van der Waals surface area contributed by atoms with Crippen molar-refractivity contribution in [3.8, 4) is 17.0 Å². The van der Waals surface area contributed by atoms with Crippen molar-refractivity contribution < 1.29 is 4.74 Å². The summed E-state index contributed by atoms with van der Waals surface area (Å²) in [4.78, 5) is 3.27. The van der Waals surface area contributed by atoms with E-state index in [0.717, 1.165) is 43.7 Å². The highest BCUT2D eigenvalue weighted by atomic mass is 16.5. The van der Waals surface area contributed by atoms with Crippen molar-refractivity contribution in [2.24, 2.45) is 0 Å². The number of nitrogens with one attached hydrogen (secondary N) is 2. The van der Waals surface area contributed by atoms with Gasteiger partial charge in [-0.25, -0.2) is 0 Å². The van der Waals surface area contributed by atoms with E-state index < -0.39 is 0 Å². The van der Waals surface area contributed by atoms with Crippen LogP contribution in [0.2, 0.25) is 0 Å². The molecule has 0 fully saturated rings. The Balaban J connectivity index is 1.61. The van der Waals surface area contributed by atoms with E-state index in [1.165, 1.54) is 22.3 Å². The van der Waals surface area contributed by atoms with Gasteiger partial charge in [-0.15, -0.1) is 0 Å². The van der Waals surface area contributed by atoms with Crippen LogP contribution in [0.1, 0.15) is 31.2 Å². The number of allylic oxidation sites excluding steroid dienone is 2. The fraction of sp³-hybridized carbons (Fsp3) is 0.238. The summed E-state index contributed by atoms with van der Waals surface area (Å²) in [7, 11) is 0. The van der Waals surface area contributed by atoms with Crippen LogP contribution in [0, 0.1) is 0 Å². The second-order valence-corrected chi connectivity index (χ2v) is 6.32. The molecule has 3 nitrogen and oxygen atoms in total. The topological polar surface area (TPSA) is 37.0 Å². The predicted octanol–water partition coefficient (Wildman–Crippen LogP) is 5.02. The first-order valence-corrected chi connectivity index (χ1v) is 8.57. The maximum absolute atomic E-state index is 5.96. The van der Waals surface area contributed by atoms with E-state index in [2.05, 4.69) is 52.9 Å². The van der Waals surface area contributed by atoms with Crippen LogP contribution >= 0.6 is 0 Å². The number of aromatic nitrogens is 1. The SMILES string of the molecule is C1=CNC=C(CC2=Cc3cc(-c4ccc[nH]4)ccc3OCC2)CC1. The summed E-state index contributed by atoms with van der Waals surface area (Å²) < 4.78 is 5.96. The Kier molecular flexibility index (Phi) is 4.24. The van der Waals surface area contributed by atoms with Gasteiger partial charge in [0.25, 0.3) is 0 Å². The Morgan fingerprint density at radius 1 is 1.08 bits per heavy atom. The number of benzene rings is 1. The van der Waals surface area contributed by atoms with Gasteiger partial charge in [-0.05, 0) is 73.1 Å². The molecule has 3 heterocycles. The molecule has 0 amide bonds. The van der Waals surface area contributed by atoms with Crippen LogP contribution in [0.5, 0.6) is 5.75 Å². The van der Waals surface area contributed by atoms with Crippen LogP contribution in [0.3, 0.4) is 0 Å². The molecule has 2 aliphatic rings. The third kappa shape index (κ3) is 3.30. The van der Waals surface area contributed by atoms with Crippen molar-refractivity contribution in [3.63, 3.8) is 0 Å². The lowest BCUT2D eigenvalue weighted by atomic mass is 9.97. The molecular weight excluding hydrogens is 296 g/mol. The van der Waals surface area contributed by atoms with E-state index >= 15 is 0 Å². The Morgan fingerprint density at radius 3 is 3.00 bits per heavy atom. The van der Waals surface area contributed by atoms with Gasteiger partial charge in [0.05, 0.1) is 6.61 Å². The summed E-state index contributed by atoms with van der Waals surface area (Å²) in [5.41, 5.74) is 6.40. The van der Waals surface area contributed by atoms with Crippen molar-refractivity contribution in [2.75, 3.05) is 6.61 Å². The van der Waals surface area contributed by atoms with Crippen LogP contribution < -0.4 is 10.1 Å². The molecule has 122 valence electrons. The molecule has 24 heavy (non-hydrogen) atoms. The van der Waals surface area contributed by atoms with Crippen LogP contribution in [0.25, 0.3) is 17.3 Å². The molecule has 2 aromatic rings. The van der Waals surface area contributed by atoms with Crippen LogP contribution in [-0.4, -0.2) is 11.6 Å². The highest BCUT2D eigenvalue weighted by molar-refractivity contribution is 5.70. The van der Waals surface area contributed by atoms with Gasteiger partial charge in [-0.3, -0.25) is 0 Å². The summed E-state index contributed by atoms with van der Waals surface area (Å²) in [6.45, 7) is 0.750. The molecular formula is C21H22N2O. The molecule has 1 aromatic carbocycles. The zero-order chi connectivity index (χ0) is 16.2. The molecule has 2 aliphatic heterocycles. The van der Waals surface area contributed by atoms with Gasteiger partial charge in [0.1, 0.15) is 5.75 Å². The van der Waals surface area contributed by atoms with Crippen LogP contribution in [0.15, 0.2) is 66.2 Å². The van der Waals surface area contributed by atoms with E-state index in [4.69, 9.17) is 4.74 Å². The van der Waals surface area contributed by atoms with Crippen molar-refractivity contribution in [3.05, 3.63) is 71.7 Å². The predicted molar refractivity (Wildman–Crippen MR) is 98.5 cm³/mol. The van der Waals surface area contributed by atoms with Crippen LogP contribution in [0.4, 0.5) is 0 Å². The molecule has 2 N–H and O–H groups in total. The third-order valence-corrected chi connectivity index (χ3v) is 4.55. The highest BCUT2D eigenvalue weighted by Crippen LogP contribution is 2.32. The van der Waals surface area contributed by atoms with E-state index in [9.17, 15) is 0 Å². The maximum atomic E-state index is 5.96. The maximum Gasteiger partial charge on any atom is 0.126 e. The molecule has 0 saturated heterocycles. The minimum absolute atomic E-state index is 0.750. The van der Waals surface area contributed by atoms with E-state index in [1.807, 2.05) is 18.5 Å². The molecule has 0 atom stereocenters. The zero-order valence-corrected chi connectivity index (χ0v) is 13.7. The summed E-state index contributed by atoms with van der Waals surface area (Å²) >= 11 is 0. The van der Waals surface area contributed by atoms with E-state index in [0.29, 0.717) is 0 Å². The van der Waals surface area contributed by atoms with Crippen LogP contribution in [-0.2, 0) is 0 Å². The fourth-order valence-electron chi connectivity index (χ4n) is 3.28. The minimum atomic E-state index is 0.750. The lowest BCUT2D eigenvalue weighted by molar-refractivity contribution is 0.323. The molecule has 4 rings (SSSR count). The van der Waals surface area contributed by atoms with E-state index in [-0.39, 0.29) is 0 Å². The number of ether oxygens (including phenoxy) is 1. The zero-order valence-electron chi connectivity index (χ0n) is 13.7. The average Bonchev–Trinajstić information content (AvgIpc) is 2.90. The largest absolute Gasteiger partial charge is 0.493 e. The average molecular weight is 318 g/mol. The highest BCUT2D eigenvalue weighted by Gasteiger charge is 2.13. The monoisotopic (exact) mass is 318 g/mol. The van der Waals surface area contributed by atoms with Gasteiger partial charge in [0.15, 0.2) is 0 Å². The first-order chi connectivity index (χ1) is 11.9. The molecule has 0 unspecified atom stereocenters. The summed E-state index contributed by atoms with van der Waals surface area (Å²) in [5, 5.41) is 3.24. The van der Waals surface area contributed by atoms with Crippen molar-refractivity contribution in [2.45, 2.75) is 25.7 Å². The van der Waals surface area contributed by atoms with Gasteiger partial charge in [-0.1, -0.05) is 17.7 Å². The van der Waals surface area contributed by atoms with Crippen molar-refractivity contribution in [1.82, 2.24) is 10.3 Å². The molecule has 0 aliphatic carbocycles. The van der Waals surface area contributed by atoms with Gasteiger partial charge >= 0.3 is 0 Å². The third-order valence-electron chi connectivity index (χ3n) is 4.55. The van der Waals surface area contributed by atoms with Gasteiger partial charge in [-0.2, -0.15) is 0 Å². The lowest BCUT2D eigenvalue weighted by Crippen LogP contribution is -1.99. The Morgan fingerprint density at radius 2 is 2.08 bits per heavy atom. The molecule has 0 spiro atoms. The number of fused-ring (bicyclic) bond motifs is 1. The number of H-pyrrole nitrogens is 1. The molecule has 0 bridgehead atoms. The number of rotatable bonds is 3. The Hall–Kier alpha value is -2.68. The molecule has 3 heteroatoms. The normalized spacial score (nSPS) is 16.8. The van der Waals surface area contributed by atoms with Gasteiger partial charge < -0.3 is 15.0 Å². The number of aromatic amines is 1. The van der Waals surface area contributed by atoms with Crippen molar-refractivity contribution in [1.29, 1.82) is 0 Å². The first-order valence-electron chi connectivity index (χ1n) is 8.57. The molecule has 0 saturated carbocycles. The van der Waals surface area contributed by atoms with E-state index in [1.54, 1.807) is 0 Å². The summed E-state index contributed by atoms with van der Waals surface area (Å²) in [6, 6.07) is 10.5. The standard InChI is InChI=1S/C21H22N2O/c1-2-9-22-15-17(4-1)12-16-8-11-24-21-7-6-18(14-19(21)13-16)20-5-3-10-23-20/h2-3,5-7,9-10,13-15,22-23H,1,4,8,11-12H2. The Bertz CT molecular complexity index is 797. The van der Waals surface area contributed by atoms with Crippen molar-refractivity contribution >= 4 is 6.08 Å².